The van der Waals surface area contributed by atoms with E-state index in [1.54, 1.807) is 13.8 Å². The first kappa shape index (κ1) is 33.1. The van der Waals surface area contributed by atoms with Crippen LogP contribution in [-0.2, 0) is 52.3 Å². The summed E-state index contributed by atoms with van der Waals surface area (Å²) in [6, 6.07) is 0. The molecular weight excluding hydrogens is 580 g/mol. The summed E-state index contributed by atoms with van der Waals surface area (Å²) in [5, 5.41) is 21.8. The molecule has 0 aromatic rings. The Morgan fingerprint density at radius 2 is 1.61 bits per heavy atom. The van der Waals surface area contributed by atoms with Gasteiger partial charge in [-0.2, -0.15) is 0 Å². The molecule has 0 unspecified atom stereocenters. The molecule has 3 heterocycles. The van der Waals surface area contributed by atoms with Crippen molar-refractivity contribution in [1.29, 1.82) is 0 Å². The van der Waals surface area contributed by atoms with E-state index >= 15 is 0 Å². The molecule has 5 aliphatic rings. The second-order valence-electron chi connectivity index (χ2n) is 13.7. The predicted molar refractivity (Wildman–Crippen MR) is 148 cm³/mol. The van der Waals surface area contributed by atoms with Crippen LogP contribution in [0.3, 0.4) is 0 Å². The highest BCUT2D eigenvalue weighted by Gasteiger charge is 2.81. The smallest absolute Gasteiger partial charge is 0.312 e. The van der Waals surface area contributed by atoms with E-state index in [-0.39, 0.29) is 37.6 Å². The fourth-order valence-electron chi connectivity index (χ4n) is 8.72. The van der Waals surface area contributed by atoms with Crippen molar-refractivity contribution >= 4 is 23.9 Å². The van der Waals surface area contributed by atoms with Crippen LogP contribution in [0, 0.1) is 34.5 Å². The molecule has 1 spiro atoms. The number of hydrogen-bond donors (Lipinski definition) is 2. The average Bonchev–Trinajstić information content (AvgIpc) is 3.50. The summed E-state index contributed by atoms with van der Waals surface area (Å²) >= 11 is 0. The van der Waals surface area contributed by atoms with Crippen molar-refractivity contribution in [2.45, 2.75) is 123 Å². The van der Waals surface area contributed by atoms with E-state index < -0.39 is 89.1 Å². The monoisotopic (exact) mass is 626 g/mol. The number of esters is 4. The SMILES string of the molecule is CC(=O)OC[C@@]12[C@@H](OC(C)=O)C[C@@H](C)[C@](C)([C@H]3C[C@H]4C[C@@H](O)O[C@H]4O3)[C@H]1C[C@@H](O)[C@H](OC(=O)[C@@H](C)[C@H](C)OC(C)=O)[C@]21CO1. The number of carbonyl (C=O) groups excluding carboxylic acids is 4. The normalized spacial score (nSPS) is 45.4. The van der Waals surface area contributed by atoms with Gasteiger partial charge in [-0.1, -0.05) is 13.8 Å². The first-order chi connectivity index (χ1) is 20.6. The molecule has 2 aliphatic carbocycles. The summed E-state index contributed by atoms with van der Waals surface area (Å²) in [5.74, 6) is -3.76. The molecule has 5 rings (SSSR count). The molecule has 14 atom stereocenters. The molecule has 0 aromatic carbocycles. The molecule has 2 N–H and O–H groups in total. The highest BCUT2D eigenvalue weighted by Crippen LogP contribution is 2.70. The minimum absolute atomic E-state index is 0.0119. The zero-order valence-corrected chi connectivity index (χ0v) is 26.5. The molecule has 3 aliphatic heterocycles. The third-order valence-corrected chi connectivity index (χ3v) is 11.3. The Labute approximate surface area is 257 Å². The molecule has 0 bridgehead atoms. The number of fused-ring (bicyclic) bond motifs is 3. The Bertz CT molecular complexity index is 1140. The molecule has 5 fully saturated rings. The van der Waals surface area contributed by atoms with Crippen molar-refractivity contribution < 1.29 is 62.5 Å². The maximum atomic E-state index is 13.4. The largest absolute Gasteiger partial charge is 0.465 e. The fourth-order valence-corrected chi connectivity index (χ4v) is 8.72. The molecule has 44 heavy (non-hydrogen) atoms. The van der Waals surface area contributed by atoms with E-state index in [1.807, 2.05) is 0 Å². The summed E-state index contributed by atoms with van der Waals surface area (Å²) in [4.78, 5) is 49.8. The van der Waals surface area contributed by atoms with Gasteiger partial charge in [0.2, 0.25) is 0 Å². The van der Waals surface area contributed by atoms with Crippen molar-refractivity contribution in [3.05, 3.63) is 0 Å². The van der Waals surface area contributed by atoms with Crippen LogP contribution in [-0.4, -0.2) is 96.0 Å². The molecule has 248 valence electrons. The fraction of sp³-hybridized carbons (Fsp3) is 0.871. The number of ether oxygens (including phenoxy) is 7. The Balaban J connectivity index is 1.56. The van der Waals surface area contributed by atoms with E-state index in [4.69, 9.17) is 33.2 Å². The Morgan fingerprint density at radius 1 is 0.932 bits per heavy atom. The molecule has 0 aromatic heterocycles. The topological polar surface area (TPSA) is 177 Å². The van der Waals surface area contributed by atoms with Gasteiger partial charge in [-0.25, -0.2) is 0 Å². The molecule has 3 saturated heterocycles. The van der Waals surface area contributed by atoms with E-state index in [1.165, 1.54) is 20.8 Å². The second kappa shape index (κ2) is 11.8. The van der Waals surface area contributed by atoms with Gasteiger partial charge >= 0.3 is 23.9 Å². The van der Waals surface area contributed by atoms with Crippen molar-refractivity contribution in [2.75, 3.05) is 13.2 Å². The Kier molecular flexibility index (Phi) is 8.86. The number of aliphatic hydroxyl groups is 2. The highest BCUT2D eigenvalue weighted by molar-refractivity contribution is 5.74. The lowest BCUT2D eigenvalue weighted by Gasteiger charge is -2.65. The first-order valence-electron chi connectivity index (χ1n) is 15.6. The third kappa shape index (κ3) is 5.32. The minimum Gasteiger partial charge on any atom is -0.465 e. The zero-order chi connectivity index (χ0) is 32.4. The molecular formula is C31H46O13. The van der Waals surface area contributed by atoms with Gasteiger partial charge in [-0.05, 0) is 44.9 Å². The van der Waals surface area contributed by atoms with Gasteiger partial charge < -0.3 is 43.4 Å². The van der Waals surface area contributed by atoms with Crippen LogP contribution in [0.4, 0.5) is 0 Å². The van der Waals surface area contributed by atoms with Gasteiger partial charge in [0, 0.05) is 38.5 Å². The molecule has 13 heteroatoms. The lowest BCUT2D eigenvalue weighted by atomic mass is 9.41. The number of carbonyl (C=O) groups is 4. The molecule has 0 radical (unpaired) electrons. The number of hydrogen-bond acceptors (Lipinski definition) is 13. The number of aliphatic hydroxyl groups excluding tert-OH is 2. The third-order valence-electron chi connectivity index (χ3n) is 11.3. The molecule has 2 saturated carbocycles. The van der Waals surface area contributed by atoms with Gasteiger partial charge in [0.15, 0.2) is 18.7 Å². The maximum Gasteiger partial charge on any atom is 0.312 e. The van der Waals surface area contributed by atoms with Crippen LogP contribution in [0.2, 0.25) is 0 Å². The summed E-state index contributed by atoms with van der Waals surface area (Å²) in [6.07, 6.45) is -4.25. The average molecular weight is 627 g/mol. The zero-order valence-electron chi connectivity index (χ0n) is 26.5. The second-order valence-corrected chi connectivity index (χ2v) is 13.7. The van der Waals surface area contributed by atoms with Crippen LogP contribution in [0.25, 0.3) is 0 Å². The first-order valence-corrected chi connectivity index (χ1v) is 15.6. The number of rotatable bonds is 8. The van der Waals surface area contributed by atoms with E-state index in [2.05, 4.69) is 13.8 Å². The van der Waals surface area contributed by atoms with E-state index in [9.17, 15) is 29.4 Å². The standard InChI is InChI=1S/C31H46O13/c1-14-8-24(41-19(6)34)30(12-38-17(4)32)22(29(14,7)23-9-20-10-25(36)43-28(20)42-23)11-21(35)26(31(30)13-39-31)44-27(37)15(2)16(3)40-18(5)33/h14-16,20-26,28,35-36H,8-13H2,1-7H3/t14-,15+,16+,20+,21-,22-,23-,24+,25+,26+,28-,29+,30+,31-/m1/s1. The highest BCUT2D eigenvalue weighted by atomic mass is 16.7. The molecule has 13 nitrogen and oxygen atoms in total. The van der Waals surface area contributed by atoms with Crippen LogP contribution >= 0.6 is 0 Å². The summed E-state index contributed by atoms with van der Waals surface area (Å²) in [5.41, 5.74) is -3.24. The predicted octanol–water partition coefficient (Wildman–Crippen LogP) is 1.63. The summed E-state index contributed by atoms with van der Waals surface area (Å²) < 4.78 is 41.3. The summed E-state index contributed by atoms with van der Waals surface area (Å²) in [6.45, 7) is 11.0. The van der Waals surface area contributed by atoms with Crippen LogP contribution < -0.4 is 0 Å². The molecule has 0 amide bonds. The Hall–Kier alpha value is -2.32. The van der Waals surface area contributed by atoms with Gasteiger partial charge in [0.25, 0.3) is 0 Å². The quantitative estimate of drug-likeness (QED) is 0.226. The van der Waals surface area contributed by atoms with Gasteiger partial charge in [0.1, 0.15) is 24.4 Å². The van der Waals surface area contributed by atoms with Crippen LogP contribution in [0.5, 0.6) is 0 Å². The van der Waals surface area contributed by atoms with E-state index in [0.29, 0.717) is 19.3 Å². The Morgan fingerprint density at radius 3 is 2.18 bits per heavy atom. The van der Waals surface area contributed by atoms with Gasteiger partial charge in [-0.15, -0.1) is 0 Å². The van der Waals surface area contributed by atoms with Gasteiger partial charge in [-0.3, -0.25) is 19.2 Å². The van der Waals surface area contributed by atoms with Crippen LogP contribution in [0.1, 0.15) is 74.1 Å². The van der Waals surface area contributed by atoms with Crippen molar-refractivity contribution in [3.8, 4) is 0 Å². The lowest BCUT2D eigenvalue weighted by molar-refractivity contribution is -0.289. The van der Waals surface area contributed by atoms with Crippen molar-refractivity contribution in [2.24, 2.45) is 34.5 Å². The van der Waals surface area contributed by atoms with Crippen molar-refractivity contribution in [1.82, 2.24) is 0 Å². The van der Waals surface area contributed by atoms with Crippen molar-refractivity contribution in [3.63, 3.8) is 0 Å². The van der Waals surface area contributed by atoms with E-state index in [0.717, 1.165) is 0 Å². The maximum absolute atomic E-state index is 13.4. The number of epoxide rings is 1. The minimum atomic E-state index is -1.35. The van der Waals surface area contributed by atoms with Crippen LogP contribution in [0.15, 0.2) is 0 Å². The van der Waals surface area contributed by atoms with Gasteiger partial charge in [0.05, 0.1) is 30.1 Å². The lowest BCUT2D eigenvalue weighted by Crippen LogP contribution is -2.74. The summed E-state index contributed by atoms with van der Waals surface area (Å²) in [7, 11) is 0.